The summed E-state index contributed by atoms with van der Waals surface area (Å²) in [5, 5.41) is 7.45. The second-order valence-electron chi connectivity index (χ2n) is 7.70. The van der Waals surface area contributed by atoms with Gasteiger partial charge in [0.15, 0.2) is 0 Å². The minimum Gasteiger partial charge on any atom is -0.376 e. The van der Waals surface area contributed by atoms with Gasteiger partial charge in [0, 0.05) is 36.5 Å². The van der Waals surface area contributed by atoms with Crippen LogP contribution in [0.5, 0.6) is 0 Å². The molecule has 0 radical (unpaired) electrons. The number of rotatable bonds is 4. The number of carbonyl (C=O) groups excluding carboxylic acids is 1. The topological polar surface area (TPSA) is 59.4 Å². The van der Waals surface area contributed by atoms with Gasteiger partial charge < -0.3 is 15.0 Å². The number of amides is 2. The van der Waals surface area contributed by atoms with Gasteiger partial charge in [-0.3, -0.25) is 4.68 Å². The second-order valence-corrected chi connectivity index (χ2v) is 7.70. The summed E-state index contributed by atoms with van der Waals surface area (Å²) in [6.45, 7) is 4.58. The number of alkyl halides is 3. The van der Waals surface area contributed by atoms with Gasteiger partial charge in [0.05, 0.1) is 30.5 Å². The van der Waals surface area contributed by atoms with Gasteiger partial charge in [-0.1, -0.05) is 13.0 Å². The minimum absolute atomic E-state index is 0.127. The molecule has 2 aliphatic rings. The van der Waals surface area contributed by atoms with Gasteiger partial charge >= 0.3 is 12.2 Å². The lowest BCUT2D eigenvalue weighted by atomic mass is 10.0. The zero-order valence-electron chi connectivity index (χ0n) is 16.8. The van der Waals surface area contributed by atoms with Crippen LogP contribution < -0.4 is 5.32 Å². The Morgan fingerprint density at radius 3 is 2.97 bits per heavy atom. The largest absolute Gasteiger partial charge is 0.416 e. The van der Waals surface area contributed by atoms with Crippen molar-refractivity contribution in [3.05, 3.63) is 46.8 Å². The Hall–Kier alpha value is -2.55. The molecule has 1 atom stereocenters. The van der Waals surface area contributed by atoms with E-state index in [0.717, 1.165) is 55.6 Å². The Morgan fingerprint density at radius 2 is 2.20 bits per heavy atom. The molecule has 1 N–H and O–H groups in total. The van der Waals surface area contributed by atoms with Crippen molar-refractivity contribution in [2.45, 2.75) is 58.0 Å². The molecule has 4 rings (SSSR count). The number of nitrogens with one attached hydrogen (secondary N) is 1. The van der Waals surface area contributed by atoms with Crippen molar-refractivity contribution in [3.8, 4) is 0 Å². The van der Waals surface area contributed by atoms with Crippen LogP contribution in [0, 0.1) is 0 Å². The molecule has 0 spiro atoms. The number of aryl methyl sites for hydroxylation is 1. The van der Waals surface area contributed by atoms with Crippen molar-refractivity contribution in [1.29, 1.82) is 0 Å². The van der Waals surface area contributed by atoms with Crippen molar-refractivity contribution in [2.75, 3.05) is 18.5 Å². The molecule has 9 heteroatoms. The van der Waals surface area contributed by atoms with Gasteiger partial charge in [-0.25, -0.2) is 4.79 Å². The van der Waals surface area contributed by atoms with E-state index in [9.17, 15) is 18.0 Å². The maximum Gasteiger partial charge on any atom is 0.416 e. The van der Waals surface area contributed by atoms with Crippen molar-refractivity contribution >= 4 is 11.7 Å². The first-order valence-corrected chi connectivity index (χ1v) is 10.3. The molecule has 1 aromatic carbocycles. The number of fused-ring (bicyclic) bond motifs is 1. The number of urea groups is 1. The molecule has 162 valence electrons. The van der Waals surface area contributed by atoms with E-state index in [1.165, 1.54) is 17.8 Å². The number of carbonyl (C=O) groups is 1. The fraction of sp³-hybridized carbons (Fsp3) is 0.524. The highest BCUT2D eigenvalue weighted by atomic mass is 19.4. The molecule has 0 bridgehead atoms. The number of ether oxygens (including phenoxy) is 1. The van der Waals surface area contributed by atoms with Gasteiger partial charge in [0.2, 0.25) is 0 Å². The Labute approximate surface area is 173 Å². The minimum atomic E-state index is -4.46. The van der Waals surface area contributed by atoms with E-state index < -0.39 is 17.8 Å². The van der Waals surface area contributed by atoms with Gasteiger partial charge in [0.25, 0.3) is 0 Å². The van der Waals surface area contributed by atoms with Gasteiger partial charge in [0.1, 0.15) is 0 Å². The molecule has 1 fully saturated rings. The summed E-state index contributed by atoms with van der Waals surface area (Å²) in [4.78, 5) is 14.6. The Balaban J connectivity index is 1.57. The van der Waals surface area contributed by atoms with Crippen LogP contribution in [-0.2, 0) is 30.5 Å². The number of anilines is 1. The number of benzene rings is 1. The average molecular weight is 422 g/mol. The quantitative estimate of drug-likeness (QED) is 0.773. The van der Waals surface area contributed by atoms with Gasteiger partial charge in [-0.15, -0.1) is 0 Å². The third-order valence-electron chi connectivity index (χ3n) is 5.63. The van der Waals surface area contributed by atoms with Crippen LogP contribution in [0.25, 0.3) is 0 Å². The number of likely N-dealkylation sites (tertiary alicyclic amines) is 1. The SMILES string of the molecule is CCCn1nc(C2CCCN2C(=O)Nc2cccc(C(F)(F)F)c2)c2c1CCOC2. The predicted octanol–water partition coefficient (Wildman–Crippen LogP) is 4.75. The third kappa shape index (κ3) is 4.03. The van der Waals surface area contributed by atoms with E-state index in [-0.39, 0.29) is 11.7 Å². The highest BCUT2D eigenvalue weighted by Crippen LogP contribution is 2.37. The molecule has 2 aliphatic heterocycles. The van der Waals surface area contributed by atoms with Gasteiger partial charge in [-0.2, -0.15) is 18.3 Å². The molecule has 1 unspecified atom stereocenters. The van der Waals surface area contributed by atoms with E-state index in [1.54, 1.807) is 4.90 Å². The lowest BCUT2D eigenvalue weighted by Gasteiger charge is -2.25. The number of nitrogens with zero attached hydrogens (tertiary/aromatic N) is 3. The van der Waals surface area contributed by atoms with Crippen LogP contribution in [0.4, 0.5) is 23.7 Å². The van der Waals surface area contributed by atoms with Crippen LogP contribution in [-0.4, -0.2) is 33.9 Å². The average Bonchev–Trinajstić information content (AvgIpc) is 3.33. The first-order chi connectivity index (χ1) is 14.4. The maximum absolute atomic E-state index is 13.0. The first kappa shape index (κ1) is 20.7. The van der Waals surface area contributed by atoms with Crippen LogP contribution >= 0.6 is 0 Å². The smallest absolute Gasteiger partial charge is 0.376 e. The molecule has 0 saturated carbocycles. The molecule has 0 aliphatic carbocycles. The van der Waals surface area contributed by atoms with E-state index in [4.69, 9.17) is 9.84 Å². The Kier molecular flexibility index (Phi) is 5.73. The Morgan fingerprint density at radius 1 is 1.37 bits per heavy atom. The standard InChI is InChI=1S/C21H25F3N4O2/c1-2-9-28-17-8-11-30-13-16(17)19(26-28)18-7-4-10-27(18)20(29)25-15-6-3-5-14(12-15)21(22,23)24/h3,5-6,12,18H,2,4,7-11,13H2,1H3,(H,25,29). The monoisotopic (exact) mass is 422 g/mol. The Bertz CT molecular complexity index is 925. The van der Waals surface area contributed by atoms with Crippen molar-refractivity contribution in [1.82, 2.24) is 14.7 Å². The fourth-order valence-electron chi connectivity index (χ4n) is 4.26. The maximum atomic E-state index is 13.0. The molecule has 30 heavy (non-hydrogen) atoms. The van der Waals surface area contributed by atoms with Crippen molar-refractivity contribution in [3.63, 3.8) is 0 Å². The van der Waals surface area contributed by atoms with Crippen LogP contribution in [0.15, 0.2) is 24.3 Å². The van der Waals surface area contributed by atoms with Crippen molar-refractivity contribution < 1.29 is 22.7 Å². The number of halogens is 3. The zero-order valence-corrected chi connectivity index (χ0v) is 16.8. The molecule has 1 aromatic heterocycles. The van der Waals surface area contributed by atoms with Crippen molar-refractivity contribution in [2.24, 2.45) is 0 Å². The van der Waals surface area contributed by atoms with Crippen LogP contribution in [0.3, 0.4) is 0 Å². The molecule has 6 nitrogen and oxygen atoms in total. The van der Waals surface area contributed by atoms with E-state index in [0.29, 0.717) is 19.8 Å². The summed E-state index contributed by atoms with van der Waals surface area (Å²) < 4.78 is 46.6. The van der Waals surface area contributed by atoms with Crippen LogP contribution in [0.1, 0.15) is 54.7 Å². The number of hydrogen-bond acceptors (Lipinski definition) is 3. The molecular formula is C21H25F3N4O2. The summed E-state index contributed by atoms with van der Waals surface area (Å²) in [5.74, 6) is 0. The summed E-state index contributed by atoms with van der Waals surface area (Å²) in [6.07, 6.45) is -1.12. The molecule has 3 heterocycles. The van der Waals surface area contributed by atoms with E-state index in [1.807, 2.05) is 4.68 Å². The number of hydrogen-bond donors (Lipinski definition) is 1. The molecule has 2 aromatic rings. The lowest BCUT2D eigenvalue weighted by Crippen LogP contribution is -2.35. The fourth-order valence-corrected chi connectivity index (χ4v) is 4.26. The van der Waals surface area contributed by atoms with E-state index >= 15 is 0 Å². The summed E-state index contributed by atoms with van der Waals surface area (Å²) in [6, 6.07) is 4.08. The van der Waals surface area contributed by atoms with Crippen LogP contribution in [0.2, 0.25) is 0 Å². The number of aromatic nitrogens is 2. The highest BCUT2D eigenvalue weighted by molar-refractivity contribution is 5.90. The second kappa shape index (κ2) is 8.29. The van der Waals surface area contributed by atoms with Gasteiger partial charge in [-0.05, 0) is 37.5 Å². The third-order valence-corrected chi connectivity index (χ3v) is 5.63. The molecule has 1 saturated heterocycles. The molecule has 2 amide bonds. The first-order valence-electron chi connectivity index (χ1n) is 10.3. The normalized spacial score (nSPS) is 19.1. The summed E-state index contributed by atoms with van der Waals surface area (Å²) in [5.41, 5.74) is 2.42. The lowest BCUT2D eigenvalue weighted by molar-refractivity contribution is -0.137. The summed E-state index contributed by atoms with van der Waals surface area (Å²) in [7, 11) is 0. The molecular weight excluding hydrogens is 397 g/mol. The highest BCUT2D eigenvalue weighted by Gasteiger charge is 2.36. The predicted molar refractivity (Wildman–Crippen MR) is 105 cm³/mol. The van der Waals surface area contributed by atoms with E-state index in [2.05, 4.69) is 12.2 Å². The summed E-state index contributed by atoms with van der Waals surface area (Å²) >= 11 is 0. The zero-order chi connectivity index (χ0) is 21.3.